The SMILES string of the molecule is COc1ccc(OC)c(N(CC(=O)N(Cc2ccc(C)cc2)[C@H](Cc2ccccc2)C(=O)NC(C)C)S(=O)(=O)c2ccccc2)c1. The van der Waals surface area contributed by atoms with Gasteiger partial charge in [-0.25, -0.2) is 8.42 Å². The van der Waals surface area contributed by atoms with Gasteiger partial charge in [0.1, 0.15) is 24.1 Å². The van der Waals surface area contributed by atoms with Gasteiger partial charge in [-0.05, 0) is 56.2 Å². The molecule has 0 radical (unpaired) electrons. The maximum Gasteiger partial charge on any atom is 0.264 e. The summed E-state index contributed by atoms with van der Waals surface area (Å²) in [7, 11) is -1.40. The van der Waals surface area contributed by atoms with Gasteiger partial charge < -0.3 is 19.7 Å². The Balaban J connectivity index is 1.86. The summed E-state index contributed by atoms with van der Waals surface area (Å²) in [4.78, 5) is 29.9. The van der Waals surface area contributed by atoms with E-state index in [1.165, 1.54) is 37.3 Å². The Labute approximate surface area is 271 Å². The molecule has 0 saturated heterocycles. The molecule has 1 atom stereocenters. The molecule has 0 saturated carbocycles. The highest BCUT2D eigenvalue weighted by molar-refractivity contribution is 7.92. The summed E-state index contributed by atoms with van der Waals surface area (Å²) in [6, 6.07) is 28.6. The fourth-order valence-electron chi connectivity index (χ4n) is 5.05. The van der Waals surface area contributed by atoms with Crippen molar-refractivity contribution in [1.82, 2.24) is 10.2 Å². The number of carbonyl (C=O) groups excluding carboxylic acids is 2. The fourth-order valence-corrected chi connectivity index (χ4v) is 6.49. The maximum atomic E-state index is 14.6. The number of ether oxygens (including phenoxy) is 2. The highest BCUT2D eigenvalue weighted by Gasteiger charge is 2.36. The van der Waals surface area contributed by atoms with Gasteiger partial charge in [0.2, 0.25) is 11.8 Å². The Hall–Kier alpha value is -4.83. The number of nitrogens with one attached hydrogen (secondary N) is 1. The van der Waals surface area contributed by atoms with Crippen LogP contribution in [0.2, 0.25) is 0 Å². The van der Waals surface area contributed by atoms with E-state index in [4.69, 9.17) is 9.47 Å². The van der Waals surface area contributed by atoms with Crippen molar-refractivity contribution in [2.45, 2.75) is 50.7 Å². The molecule has 10 heteroatoms. The van der Waals surface area contributed by atoms with Crippen LogP contribution in [0.1, 0.15) is 30.5 Å². The van der Waals surface area contributed by atoms with Crippen molar-refractivity contribution in [3.05, 3.63) is 120 Å². The average molecular weight is 644 g/mol. The highest BCUT2D eigenvalue weighted by Crippen LogP contribution is 2.36. The van der Waals surface area contributed by atoms with E-state index in [1.807, 2.05) is 75.4 Å². The van der Waals surface area contributed by atoms with Crippen LogP contribution in [0.3, 0.4) is 0 Å². The van der Waals surface area contributed by atoms with Gasteiger partial charge in [0.25, 0.3) is 10.0 Å². The number of nitrogens with zero attached hydrogens (tertiary/aromatic N) is 2. The molecule has 4 aromatic carbocycles. The Kier molecular flexibility index (Phi) is 11.4. The van der Waals surface area contributed by atoms with E-state index >= 15 is 0 Å². The smallest absolute Gasteiger partial charge is 0.264 e. The van der Waals surface area contributed by atoms with Gasteiger partial charge in [-0.1, -0.05) is 78.4 Å². The highest BCUT2D eigenvalue weighted by atomic mass is 32.2. The summed E-state index contributed by atoms with van der Waals surface area (Å²) in [5, 5.41) is 2.97. The Morgan fingerprint density at radius 2 is 1.43 bits per heavy atom. The molecule has 0 spiro atoms. The van der Waals surface area contributed by atoms with Crippen LogP contribution in [0.4, 0.5) is 5.69 Å². The lowest BCUT2D eigenvalue weighted by Crippen LogP contribution is -2.54. The van der Waals surface area contributed by atoms with Crippen molar-refractivity contribution in [2.24, 2.45) is 0 Å². The van der Waals surface area contributed by atoms with Crippen molar-refractivity contribution in [3.63, 3.8) is 0 Å². The second kappa shape index (κ2) is 15.4. The molecule has 0 unspecified atom stereocenters. The fraction of sp³-hybridized carbons (Fsp3) is 0.278. The van der Waals surface area contributed by atoms with Gasteiger partial charge in [0, 0.05) is 25.1 Å². The number of anilines is 1. The summed E-state index contributed by atoms with van der Waals surface area (Å²) >= 11 is 0. The van der Waals surface area contributed by atoms with Crippen LogP contribution in [-0.2, 0) is 32.6 Å². The molecule has 0 bridgehead atoms. The Morgan fingerprint density at radius 1 is 0.804 bits per heavy atom. The predicted molar refractivity (Wildman–Crippen MR) is 179 cm³/mol. The third kappa shape index (κ3) is 8.45. The normalized spacial score (nSPS) is 11.9. The van der Waals surface area contributed by atoms with Crippen molar-refractivity contribution < 1.29 is 27.5 Å². The minimum Gasteiger partial charge on any atom is -0.497 e. The van der Waals surface area contributed by atoms with E-state index in [9.17, 15) is 18.0 Å². The van der Waals surface area contributed by atoms with Crippen LogP contribution in [0.15, 0.2) is 108 Å². The summed E-state index contributed by atoms with van der Waals surface area (Å²) in [6.45, 7) is 5.15. The molecule has 0 aliphatic heterocycles. The lowest BCUT2D eigenvalue weighted by molar-refractivity contribution is -0.140. The number of sulfonamides is 1. The number of amides is 2. The van der Waals surface area contributed by atoms with Gasteiger partial charge >= 0.3 is 0 Å². The van der Waals surface area contributed by atoms with Crippen molar-refractivity contribution in [1.29, 1.82) is 0 Å². The molecule has 0 aromatic heterocycles. The molecular formula is C36H41N3O6S. The van der Waals surface area contributed by atoms with Crippen LogP contribution < -0.4 is 19.1 Å². The first-order chi connectivity index (χ1) is 22.0. The number of rotatable bonds is 14. The molecule has 2 amide bonds. The molecule has 0 heterocycles. The third-order valence-electron chi connectivity index (χ3n) is 7.44. The topological polar surface area (TPSA) is 105 Å². The molecule has 1 N–H and O–H groups in total. The molecule has 0 fully saturated rings. The largest absolute Gasteiger partial charge is 0.497 e. The van der Waals surface area contributed by atoms with Crippen LogP contribution in [-0.4, -0.2) is 58.0 Å². The number of hydrogen-bond donors (Lipinski definition) is 1. The third-order valence-corrected chi connectivity index (χ3v) is 9.21. The summed E-state index contributed by atoms with van der Waals surface area (Å²) in [5.41, 5.74) is 2.83. The van der Waals surface area contributed by atoms with Gasteiger partial charge in [0.05, 0.1) is 24.8 Å². The van der Waals surface area contributed by atoms with Gasteiger partial charge in [0.15, 0.2) is 0 Å². The monoisotopic (exact) mass is 643 g/mol. The summed E-state index contributed by atoms with van der Waals surface area (Å²) < 4.78 is 40.5. The number of methoxy groups -OCH3 is 2. The number of benzene rings is 4. The average Bonchev–Trinajstić information content (AvgIpc) is 3.06. The molecule has 4 aromatic rings. The Morgan fingerprint density at radius 3 is 2.02 bits per heavy atom. The zero-order chi connectivity index (χ0) is 33.3. The summed E-state index contributed by atoms with van der Waals surface area (Å²) in [6.07, 6.45) is 0.227. The lowest BCUT2D eigenvalue weighted by atomic mass is 10.0. The standard InChI is InChI=1S/C36H41N3O6S/c1-26(2)37-36(41)33(22-28-12-8-6-9-13-28)38(24-29-18-16-27(3)17-19-29)35(40)25-39(46(42,43)31-14-10-7-11-15-31)32-23-30(44-4)20-21-34(32)45-5/h6-21,23,26,33H,22,24-25H2,1-5H3,(H,37,41)/t33-/m1/s1. The van der Waals surface area contributed by atoms with E-state index in [0.29, 0.717) is 5.75 Å². The van der Waals surface area contributed by atoms with Crippen LogP contribution in [0.25, 0.3) is 0 Å². The van der Waals surface area contributed by atoms with Crippen LogP contribution in [0, 0.1) is 6.92 Å². The lowest BCUT2D eigenvalue weighted by Gasteiger charge is -2.34. The van der Waals surface area contributed by atoms with Crippen molar-refractivity contribution in [3.8, 4) is 11.5 Å². The van der Waals surface area contributed by atoms with Crippen molar-refractivity contribution >= 4 is 27.5 Å². The molecule has 4 rings (SSSR count). The van der Waals surface area contributed by atoms with E-state index in [1.54, 1.807) is 30.3 Å². The minimum atomic E-state index is -4.29. The first-order valence-electron chi connectivity index (χ1n) is 15.0. The maximum absolute atomic E-state index is 14.6. The Bertz CT molecular complexity index is 1710. The van der Waals surface area contributed by atoms with Crippen LogP contribution in [0.5, 0.6) is 11.5 Å². The van der Waals surface area contributed by atoms with E-state index < -0.39 is 28.5 Å². The first-order valence-corrected chi connectivity index (χ1v) is 16.5. The van der Waals surface area contributed by atoms with E-state index in [0.717, 1.165) is 21.0 Å². The van der Waals surface area contributed by atoms with Crippen LogP contribution >= 0.6 is 0 Å². The van der Waals surface area contributed by atoms with Gasteiger partial charge in [-0.2, -0.15) is 0 Å². The molecule has 0 aliphatic carbocycles. The predicted octanol–water partition coefficient (Wildman–Crippen LogP) is 5.37. The quantitative estimate of drug-likeness (QED) is 0.198. The minimum absolute atomic E-state index is 0.00357. The number of aryl methyl sites for hydroxylation is 1. The van der Waals surface area contributed by atoms with Gasteiger partial charge in [-0.3, -0.25) is 13.9 Å². The molecular weight excluding hydrogens is 602 g/mol. The molecule has 46 heavy (non-hydrogen) atoms. The second-order valence-corrected chi connectivity index (χ2v) is 13.1. The summed E-state index contributed by atoms with van der Waals surface area (Å²) in [5.74, 6) is -0.289. The van der Waals surface area contributed by atoms with Gasteiger partial charge in [-0.15, -0.1) is 0 Å². The first kappa shape index (κ1) is 34.1. The van der Waals surface area contributed by atoms with E-state index in [-0.39, 0.29) is 41.2 Å². The zero-order valence-corrected chi connectivity index (χ0v) is 27.7. The number of hydrogen-bond acceptors (Lipinski definition) is 6. The molecule has 242 valence electrons. The molecule has 9 nitrogen and oxygen atoms in total. The molecule has 0 aliphatic rings. The van der Waals surface area contributed by atoms with E-state index in [2.05, 4.69) is 5.32 Å². The number of carbonyl (C=O) groups is 2. The zero-order valence-electron chi connectivity index (χ0n) is 26.8. The second-order valence-electron chi connectivity index (χ2n) is 11.2. The van der Waals surface area contributed by atoms with Crippen molar-refractivity contribution in [2.75, 3.05) is 25.1 Å².